The van der Waals surface area contributed by atoms with Gasteiger partial charge in [-0.15, -0.1) is 0 Å². The van der Waals surface area contributed by atoms with Crippen molar-refractivity contribution in [3.05, 3.63) is 23.8 Å². The summed E-state index contributed by atoms with van der Waals surface area (Å²) in [6.45, 7) is 4.74. The topological polar surface area (TPSA) is 69.6 Å². The Hall–Kier alpha value is -2.28. The first-order valence-corrected chi connectivity index (χ1v) is 7.56. The molecule has 1 saturated heterocycles. The first-order chi connectivity index (χ1) is 11.2. The van der Waals surface area contributed by atoms with Crippen molar-refractivity contribution in [3.63, 3.8) is 0 Å². The fraction of sp³-hybridized carbons (Fsp3) is 0.500. The molecule has 0 saturated carbocycles. The highest BCUT2D eigenvalue weighted by molar-refractivity contribution is 5.81. The van der Waals surface area contributed by atoms with Gasteiger partial charge in [0, 0.05) is 18.7 Å². The first kappa shape index (κ1) is 17.1. The quantitative estimate of drug-likeness (QED) is 0.559. The Labute approximate surface area is 135 Å². The predicted molar refractivity (Wildman–Crippen MR) is 85.1 cm³/mol. The number of oxime groups is 1. The highest BCUT2D eigenvalue weighted by Gasteiger charge is 2.16. The van der Waals surface area contributed by atoms with Gasteiger partial charge in [-0.1, -0.05) is 5.16 Å². The van der Waals surface area contributed by atoms with E-state index in [1.54, 1.807) is 18.1 Å². The molecule has 0 atom stereocenters. The Morgan fingerprint density at radius 3 is 2.83 bits per heavy atom. The number of hydrogen-bond donors (Lipinski definition) is 0. The minimum atomic E-state index is -0.0882. The van der Waals surface area contributed by atoms with Gasteiger partial charge in [-0.25, -0.2) is 0 Å². The molecule has 7 nitrogen and oxygen atoms in total. The zero-order valence-corrected chi connectivity index (χ0v) is 13.5. The van der Waals surface area contributed by atoms with Crippen molar-refractivity contribution >= 4 is 12.1 Å². The van der Waals surface area contributed by atoms with Gasteiger partial charge in [0.2, 0.25) is 0 Å². The van der Waals surface area contributed by atoms with Gasteiger partial charge in [-0.05, 0) is 25.1 Å². The number of nitrogens with zero attached hydrogens (tertiary/aromatic N) is 2. The SMILES string of the molecule is CCOc1ccc(/C=N\OCC(=O)N2CCOCC2)cc1OC. The summed E-state index contributed by atoms with van der Waals surface area (Å²) in [5.41, 5.74) is 0.795. The molecular formula is C16H22N2O5. The molecule has 0 aromatic heterocycles. The number of methoxy groups -OCH3 is 1. The Morgan fingerprint density at radius 2 is 2.13 bits per heavy atom. The van der Waals surface area contributed by atoms with Crippen LogP contribution in [0, 0.1) is 0 Å². The lowest BCUT2D eigenvalue weighted by Gasteiger charge is -2.26. The van der Waals surface area contributed by atoms with Gasteiger partial charge in [-0.3, -0.25) is 4.79 Å². The second-order valence-corrected chi connectivity index (χ2v) is 4.84. The first-order valence-electron chi connectivity index (χ1n) is 7.56. The Bertz CT molecular complexity index is 541. The summed E-state index contributed by atoms with van der Waals surface area (Å²) in [7, 11) is 1.58. The number of carbonyl (C=O) groups is 1. The van der Waals surface area contributed by atoms with Crippen molar-refractivity contribution in [2.75, 3.05) is 46.6 Å². The maximum atomic E-state index is 11.9. The zero-order chi connectivity index (χ0) is 16.5. The maximum Gasteiger partial charge on any atom is 0.263 e. The fourth-order valence-electron chi connectivity index (χ4n) is 2.13. The molecule has 1 aromatic rings. The van der Waals surface area contributed by atoms with E-state index in [2.05, 4.69) is 5.16 Å². The third kappa shape index (κ3) is 5.14. The summed E-state index contributed by atoms with van der Waals surface area (Å²) < 4.78 is 15.9. The van der Waals surface area contributed by atoms with Crippen LogP contribution in [0.3, 0.4) is 0 Å². The van der Waals surface area contributed by atoms with Crippen molar-refractivity contribution in [2.24, 2.45) is 5.16 Å². The molecule has 0 aliphatic carbocycles. The summed E-state index contributed by atoms with van der Waals surface area (Å²) in [5.74, 6) is 1.21. The Balaban J connectivity index is 1.84. The van der Waals surface area contributed by atoms with Crippen LogP contribution in [0.2, 0.25) is 0 Å². The minimum Gasteiger partial charge on any atom is -0.493 e. The van der Waals surface area contributed by atoms with Gasteiger partial charge in [0.05, 0.1) is 33.1 Å². The van der Waals surface area contributed by atoms with E-state index < -0.39 is 0 Å². The van der Waals surface area contributed by atoms with Gasteiger partial charge in [0.1, 0.15) is 0 Å². The van der Waals surface area contributed by atoms with E-state index in [9.17, 15) is 4.79 Å². The van der Waals surface area contributed by atoms with Crippen LogP contribution < -0.4 is 9.47 Å². The molecule has 0 bridgehead atoms. The largest absolute Gasteiger partial charge is 0.493 e. The lowest BCUT2D eigenvalue weighted by atomic mass is 10.2. The molecule has 2 rings (SSSR count). The van der Waals surface area contributed by atoms with Gasteiger partial charge in [0.15, 0.2) is 18.1 Å². The number of rotatable bonds is 7. The van der Waals surface area contributed by atoms with Crippen LogP contribution in [-0.4, -0.2) is 63.6 Å². The third-order valence-electron chi connectivity index (χ3n) is 3.32. The van der Waals surface area contributed by atoms with Crippen LogP contribution in [-0.2, 0) is 14.4 Å². The summed E-state index contributed by atoms with van der Waals surface area (Å²) in [5, 5.41) is 3.83. The average Bonchev–Trinajstić information content (AvgIpc) is 2.60. The van der Waals surface area contributed by atoms with Crippen molar-refractivity contribution in [1.82, 2.24) is 4.90 Å². The van der Waals surface area contributed by atoms with E-state index in [4.69, 9.17) is 19.0 Å². The molecule has 1 amide bonds. The molecule has 1 heterocycles. The molecular weight excluding hydrogens is 300 g/mol. The predicted octanol–water partition coefficient (Wildman–Crippen LogP) is 1.30. The van der Waals surface area contributed by atoms with Gasteiger partial charge < -0.3 is 23.9 Å². The zero-order valence-electron chi connectivity index (χ0n) is 13.5. The highest BCUT2D eigenvalue weighted by Crippen LogP contribution is 2.27. The number of ether oxygens (including phenoxy) is 3. The van der Waals surface area contributed by atoms with Crippen LogP contribution in [0.25, 0.3) is 0 Å². The summed E-state index contributed by atoms with van der Waals surface area (Å²) in [4.78, 5) is 18.6. The lowest BCUT2D eigenvalue weighted by molar-refractivity contribution is -0.140. The van der Waals surface area contributed by atoms with E-state index >= 15 is 0 Å². The van der Waals surface area contributed by atoms with Crippen molar-refractivity contribution in [1.29, 1.82) is 0 Å². The lowest BCUT2D eigenvalue weighted by Crippen LogP contribution is -2.42. The monoisotopic (exact) mass is 322 g/mol. The summed E-state index contributed by atoms with van der Waals surface area (Å²) in [6.07, 6.45) is 1.53. The highest BCUT2D eigenvalue weighted by atomic mass is 16.6. The normalized spacial score (nSPS) is 14.8. The second-order valence-electron chi connectivity index (χ2n) is 4.84. The molecule has 0 spiro atoms. The van der Waals surface area contributed by atoms with Gasteiger partial charge in [0.25, 0.3) is 5.91 Å². The summed E-state index contributed by atoms with van der Waals surface area (Å²) >= 11 is 0. The minimum absolute atomic E-state index is 0.0787. The Morgan fingerprint density at radius 1 is 1.35 bits per heavy atom. The van der Waals surface area contributed by atoms with Crippen LogP contribution in [0.4, 0.5) is 0 Å². The third-order valence-corrected chi connectivity index (χ3v) is 3.32. The van der Waals surface area contributed by atoms with Crippen LogP contribution in [0.5, 0.6) is 11.5 Å². The Kier molecular flexibility index (Phi) is 6.68. The van der Waals surface area contributed by atoms with E-state index in [0.29, 0.717) is 44.4 Å². The van der Waals surface area contributed by atoms with Crippen molar-refractivity contribution in [3.8, 4) is 11.5 Å². The number of morpholine rings is 1. The molecule has 1 aromatic carbocycles. The van der Waals surface area contributed by atoms with E-state index in [1.807, 2.05) is 19.1 Å². The molecule has 1 aliphatic heterocycles. The second kappa shape index (κ2) is 8.99. The number of benzene rings is 1. The molecule has 1 fully saturated rings. The molecule has 126 valence electrons. The van der Waals surface area contributed by atoms with E-state index in [-0.39, 0.29) is 12.5 Å². The number of hydrogen-bond acceptors (Lipinski definition) is 6. The van der Waals surface area contributed by atoms with Crippen LogP contribution in [0.15, 0.2) is 23.4 Å². The molecule has 1 aliphatic rings. The van der Waals surface area contributed by atoms with Crippen molar-refractivity contribution in [2.45, 2.75) is 6.92 Å². The average molecular weight is 322 g/mol. The number of amides is 1. The van der Waals surface area contributed by atoms with Gasteiger partial charge >= 0.3 is 0 Å². The molecule has 7 heteroatoms. The van der Waals surface area contributed by atoms with Gasteiger partial charge in [-0.2, -0.15) is 0 Å². The summed E-state index contributed by atoms with van der Waals surface area (Å²) in [6, 6.07) is 5.44. The van der Waals surface area contributed by atoms with Crippen LogP contribution in [0.1, 0.15) is 12.5 Å². The molecule has 0 N–H and O–H groups in total. The van der Waals surface area contributed by atoms with Crippen LogP contribution >= 0.6 is 0 Å². The smallest absolute Gasteiger partial charge is 0.263 e. The standard InChI is InChI=1S/C16H22N2O5/c1-3-22-14-5-4-13(10-15(14)20-2)11-17-23-12-16(19)18-6-8-21-9-7-18/h4-5,10-11H,3,6-9,12H2,1-2H3/b17-11-. The molecule has 23 heavy (non-hydrogen) atoms. The maximum absolute atomic E-state index is 11.9. The molecule has 0 radical (unpaired) electrons. The fourth-order valence-corrected chi connectivity index (χ4v) is 2.13. The number of carbonyl (C=O) groups excluding carboxylic acids is 1. The van der Waals surface area contributed by atoms with E-state index in [1.165, 1.54) is 6.21 Å². The van der Waals surface area contributed by atoms with Crippen molar-refractivity contribution < 1.29 is 23.8 Å². The van der Waals surface area contributed by atoms with E-state index in [0.717, 1.165) is 5.56 Å². The molecule has 0 unspecified atom stereocenters.